The number of hydrogen-bond donors (Lipinski definition) is 1. The van der Waals surface area contributed by atoms with E-state index in [0.29, 0.717) is 12.1 Å². The molecule has 15 heavy (non-hydrogen) atoms. The van der Waals surface area contributed by atoms with Crippen molar-refractivity contribution in [2.45, 2.75) is 84.1 Å². The Morgan fingerprint density at radius 2 is 1.73 bits per heavy atom. The molecule has 90 valence electrons. The molecule has 1 rings (SSSR count). The molecule has 1 aliphatic rings. The van der Waals surface area contributed by atoms with E-state index in [1.165, 1.54) is 12.8 Å². The Kier molecular flexibility index (Phi) is 3.83. The van der Waals surface area contributed by atoms with Gasteiger partial charge in [-0.2, -0.15) is 0 Å². The maximum atomic E-state index is 6.08. The highest BCUT2D eigenvalue weighted by atomic mass is 16.5. The van der Waals surface area contributed by atoms with Gasteiger partial charge in [-0.05, 0) is 47.0 Å². The molecule has 1 fully saturated rings. The quantitative estimate of drug-likeness (QED) is 0.775. The average molecular weight is 213 g/mol. The van der Waals surface area contributed by atoms with Crippen LogP contribution in [0.2, 0.25) is 0 Å². The summed E-state index contributed by atoms with van der Waals surface area (Å²) in [5, 5.41) is 3.74. The van der Waals surface area contributed by atoms with Gasteiger partial charge in [-0.1, -0.05) is 13.8 Å². The molecule has 0 bridgehead atoms. The van der Waals surface area contributed by atoms with Crippen LogP contribution in [-0.2, 0) is 4.74 Å². The summed E-state index contributed by atoms with van der Waals surface area (Å²) in [4.78, 5) is 0. The zero-order valence-electron chi connectivity index (χ0n) is 11.2. The summed E-state index contributed by atoms with van der Waals surface area (Å²) in [7, 11) is 0. The van der Waals surface area contributed by atoms with Crippen molar-refractivity contribution < 1.29 is 4.74 Å². The minimum absolute atomic E-state index is 0.0210. The highest BCUT2D eigenvalue weighted by molar-refractivity contribution is 4.99. The molecule has 1 atom stereocenters. The van der Waals surface area contributed by atoms with E-state index < -0.39 is 0 Å². The molecular formula is C13H27NO. The van der Waals surface area contributed by atoms with Gasteiger partial charge < -0.3 is 10.1 Å². The van der Waals surface area contributed by atoms with E-state index in [-0.39, 0.29) is 11.2 Å². The molecular weight excluding hydrogens is 186 g/mol. The molecule has 0 spiro atoms. The number of rotatable bonds is 4. The molecule has 0 aromatic heterocycles. The largest absolute Gasteiger partial charge is 0.368 e. The van der Waals surface area contributed by atoms with Crippen LogP contribution in [0.25, 0.3) is 0 Å². The average Bonchev–Trinajstić information content (AvgIpc) is 2.30. The first kappa shape index (κ1) is 13.0. The van der Waals surface area contributed by atoms with Gasteiger partial charge in [0, 0.05) is 12.1 Å². The lowest BCUT2D eigenvalue weighted by Gasteiger charge is -2.30. The van der Waals surface area contributed by atoms with Gasteiger partial charge >= 0.3 is 0 Å². The van der Waals surface area contributed by atoms with Crippen molar-refractivity contribution in [1.29, 1.82) is 0 Å². The summed E-state index contributed by atoms with van der Waals surface area (Å²) in [6, 6.07) is 1.11. The van der Waals surface area contributed by atoms with Crippen molar-refractivity contribution in [2.24, 2.45) is 0 Å². The summed E-state index contributed by atoms with van der Waals surface area (Å²) in [6.45, 7) is 13.3. The lowest BCUT2D eigenvalue weighted by atomic mass is 9.93. The topological polar surface area (TPSA) is 21.3 Å². The van der Waals surface area contributed by atoms with E-state index in [2.05, 4.69) is 46.9 Å². The Bertz CT molecular complexity index is 207. The fraction of sp³-hybridized carbons (Fsp3) is 1.00. The van der Waals surface area contributed by atoms with E-state index in [1.807, 2.05) is 0 Å². The predicted molar refractivity (Wildman–Crippen MR) is 65.2 cm³/mol. The van der Waals surface area contributed by atoms with Crippen LogP contribution in [0.4, 0.5) is 0 Å². The summed E-state index contributed by atoms with van der Waals surface area (Å²) in [6.07, 6.45) is 3.50. The van der Waals surface area contributed by atoms with Crippen LogP contribution in [-0.4, -0.2) is 23.3 Å². The van der Waals surface area contributed by atoms with E-state index in [1.54, 1.807) is 0 Å². The number of nitrogens with one attached hydrogen (secondary N) is 1. The zero-order valence-corrected chi connectivity index (χ0v) is 11.2. The van der Waals surface area contributed by atoms with Gasteiger partial charge in [-0.25, -0.2) is 0 Å². The summed E-state index contributed by atoms with van der Waals surface area (Å²) in [5.74, 6) is 0. The minimum Gasteiger partial charge on any atom is -0.368 e. The molecule has 0 aromatic rings. The van der Waals surface area contributed by atoms with Crippen molar-refractivity contribution in [1.82, 2.24) is 5.32 Å². The van der Waals surface area contributed by atoms with Crippen LogP contribution < -0.4 is 5.32 Å². The second kappa shape index (κ2) is 4.42. The maximum absolute atomic E-state index is 6.08. The fourth-order valence-corrected chi connectivity index (χ4v) is 2.63. The van der Waals surface area contributed by atoms with Gasteiger partial charge in [0.2, 0.25) is 0 Å². The molecule has 2 heteroatoms. The van der Waals surface area contributed by atoms with Gasteiger partial charge in [0.25, 0.3) is 0 Å². The number of hydrogen-bond acceptors (Lipinski definition) is 2. The predicted octanol–water partition coefficient (Wildman–Crippen LogP) is 3.11. The van der Waals surface area contributed by atoms with Crippen molar-refractivity contribution >= 4 is 0 Å². The van der Waals surface area contributed by atoms with Crippen LogP contribution in [0, 0.1) is 0 Å². The van der Waals surface area contributed by atoms with Gasteiger partial charge in [0.1, 0.15) is 0 Å². The summed E-state index contributed by atoms with van der Waals surface area (Å²) >= 11 is 0. The first-order valence-corrected chi connectivity index (χ1v) is 6.27. The van der Waals surface area contributed by atoms with Gasteiger partial charge in [0.05, 0.1) is 11.2 Å². The van der Waals surface area contributed by atoms with E-state index >= 15 is 0 Å². The monoisotopic (exact) mass is 213 g/mol. The van der Waals surface area contributed by atoms with Crippen molar-refractivity contribution in [3.05, 3.63) is 0 Å². The third kappa shape index (κ3) is 3.18. The normalized spacial score (nSPS) is 28.6. The molecule has 1 N–H and O–H groups in total. The van der Waals surface area contributed by atoms with Crippen molar-refractivity contribution in [3.63, 3.8) is 0 Å². The lowest BCUT2D eigenvalue weighted by molar-refractivity contribution is -0.0705. The molecule has 0 radical (unpaired) electrons. The van der Waals surface area contributed by atoms with Crippen molar-refractivity contribution in [2.75, 3.05) is 0 Å². The minimum atomic E-state index is -0.0356. The molecule has 1 heterocycles. The standard InChI is InChI=1S/C13H27NO/c1-7-10(8-2)14-11-9-12(3,4)15-13(11,5)6/h10-11,14H,7-9H2,1-6H3/t11-/m1/s1. The Hall–Kier alpha value is -0.0800. The molecule has 1 aliphatic heterocycles. The van der Waals surface area contributed by atoms with Gasteiger partial charge in [0.15, 0.2) is 0 Å². The van der Waals surface area contributed by atoms with E-state index in [9.17, 15) is 0 Å². The molecule has 0 saturated carbocycles. The third-order valence-electron chi connectivity index (χ3n) is 3.50. The van der Waals surface area contributed by atoms with E-state index in [0.717, 1.165) is 6.42 Å². The molecule has 0 unspecified atom stereocenters. The summed E-state index contributed by atoms with van der Waals surface area (Å²) < 4.78 is 6.08. The molecule has 1 saturated heterocycles. The van der Waals surface area contributed by atoms with Crippen LogP contribution in [0.15, 0.2) is 0 Å². The molecule has 0 aromatic carbocycles. The Labute approximate surface area is 94.8 Å². The third-order valence-corrected chi connectivity index (χ3v) is 3.50. The molecule has 0 amide bonds. The SMILES string of the molecule is CCC(CC)N[C@@H]1CC(C)(C)OC1(C)C. The smallest absolute Gasteiger partial charge is 0.0787 e. The second-order valence-electron chi connectivity index (χ2n) is 5.90. The van der Waals surface area contributed by atoms with Crippen LogP contribution in [0.3, 0.4) is 0 Å². The van der Waals surface area contributed by atoms with Crippen LogP contribution >= 0.6 is 0 Å². The molecule has 0 aliphatic carbocycles. The molecule has 2 nitrogen and oxygen atoms in total. The van der Waals surface area contributed by atoms with Gasteiger partial charge in [-0.15, -0.1) is 0 Å². The van der Waals surface area contributed by atoms with Crippen molar-refractivity contribution in [3.8, 4) is 0 Å². The van der Waals surface area contributed by atoms with Crippen LogP contribution in [0.5, 0.6) is 0 Å². The highest BCUT2D eigenvalue weighted by Crippen LogP contribution is 2.37. The maximum Gasteiger partial charge on any atom is 0.0787 e. The summed E-state index contributed by atoms with van der Waals surface area (Å²) in [5.41, 5.74) is -0.0146. The van der Waals surface area contributed by atoms with Gasteiger partial charge in [-0.3, -0.25) is 0 Å². The Morgan fingerprint density at radius 3 is 2.07 bits per heavy atom. The van der Waals surface area contributed by atoms with E-state index in [4.69, 9.17) is 4.74 Å². The highest BCUT2D eigenvalue weighted by Gasteiger charge is 2.45. The first-order valence-electron chi connectivity index (χ1n) is 6.27. The van der Waals surface area contributed by atoms with Crippen LogP contribution in [0.1, 0.15) is 60.8 Å². The first-order chi connectivity index (χ1) is 6.80. The lowest BCUT2D eigenvalue weighted by Crippen LogP contribution is -2.47. The fourth-order valence-electron chi connectivity index (χ4n) is 2.63. The zero-order chi connectivity index (χ0) is 11.7. The Morgan fingerprint density at radius 1 is 1.20 bits per heavy atom. The second-order valence-corrected chi connectivity index (χ2v) is 5.90. The Balaban J connectivity index is 2.62. The number of ether oxygens (including phenoxy) is 1.